The zero-order chi connectivity index (χ0) is 14.2. The van der Waals surface area contributed by atoms with Gasteiger partial charge in [0.2, 0.25) is 0 Å². The van der Waals surface area contributed by atoms with Gasteiger partial charge in [-0.2, -0.15) is 5.26 Å². The van der Waals surface area contributed by atoms with E-state index in [-0.39, 0.29) is 0 Å². The van der Waals surface area contributed by atoms with Gasteiger partial charge in [-0.3, -0.25) is 0 Å². The number of aliphatic hydroxyl groups is 1. The minimum absolute atomic E-state index is 0.370. The highest BCUT2D eigenvalue weighted by atomic mass is 16.3. The Kier molecular flexibility index (Phi) is 3.34. The Labute approximate surface area is 121 Å². The van der Waals surface area contributed by atoms with Crippen LogP contribution in [0.25, 0.3) is 0 Å². The van der Waals surface area contributed by atoms with Gasteiger partial charge in [-0.15, -0.1) is 0 Å². The summed E-state index contributed by atoms with van der Waals surface area (Å²) >= 11 is 0. The first-order valence-corrected chi connectivity index (χ1v) is 7.85. The molecule has 0 aliphatic heterocycles. The number of nitriles is 1. The third-order valence-electron chi connectivity index (χ3n) is 5.65. The Balaban J connectivity index is 2.08. The van der Waals surface area contributed by atoms with Crippen molar-refractivity contribution < 1.29 is 5.11 Å². The molecule has 4 unspecified atom stereocenters. The van der Waals surface area contributed by atoms with Crippen molar-refractivity contribution in [3.05, 3.63) is 35.9 Å². The van der Waals surface area contributed by atoms with Gasteiger partial charge in [0.25, 0.3) is 0 Å². The van der Waals surface area contributed by atoms with E-state index in [1.165, 1.54) is 6.42 Å². The highest BCUT2D eigenvalue weighted by Gasteiger charge is 2.62. The average molecular weight is 269 g/mol. The van der Waals surface area contributed by atoms with Crippen molar-refractivity contribution in [2.45, 2.75) is 51.0 Å². The molecule has 0 aromatic heterocycles. The largest absolute Gasteiger partial charge is 0.383 e. The molecule has 4 atom stereocenters. The van der Waals surface area contributed by atoms with Gasteiger partial charge in [0.15, 0.2) is 0 Å². The van der Waals surface area contributed by atoms with Crippen LogP contribution in [0.4, 0.5) is 0 Å². The fourth-order valence-electron chi connectivity index (χ4n) is 4.77. The van der Waals surface area contributed by atoms with Crippen LogP contribution in [0, 0.1) is 28.6 Å². The maximum Gasteiger partial charge on any atom is 0.108 e. The summed E-state index contributed by atoms with van der Waals surface area (Å²) in [5.74, 6) is 1.01. The molecular formula is C18H23NO. The SMILES string of the molecule is CCCC(O)(c1ccccc1)C1(C#N)CC2CCC1C2. The Morgan fingerprint density at radius 2 is 2.10 bits per heavy atom. The van der Waals surface area contributed by atoms with Gasteiger partial charge >= 0.3 is 0 Å². The first-order chi connectivity index (χ1) is 9.66. The topological polar surface area (TPSA) is 44.0 Å². The van der Waals surface area contributed by atoms with E-state index in [4.69, 9.17) is 0 Å². The lowest BCUT2D eigenvalue weighted by molar-refractivity contribution is -0.0953. The van der Waals surface area contributed by atoms with Crippen molar-refractivity contribution in [2.75, 3.05) is 0 Å². The highest BCUT2D eigenvalue weighted by Crippen LogP contribution is 2.63. The van der Waals surface area contributed by atoms with Crippen LogP contribution >= 0.6 is 0 Å². The third-order valence-corrected chi connectivity index (χ3v) is 5.65. The summed E-state index contributed by atoms with van der Waals surface area (Å²) in [6.07, 6.45) is 5.92. The molecule has 3 rings (SSSR count). The van der Waals surface area contributed by atoms with Crippen LogP contribution in [0.15, 0.2) is 30.3 Å². The highest BCUT2D eigenvalue weighted by molar-refractivity contribution is 5.32. The fraction of sp³-hybridized carbons (Fsp3) is 0.611. The molecule has 2 aliphatic carbocycles. The quantitative estimate of drug-likeness (QED) is 0.897. The first-order valence-electron chi connectivity index (χ1n) is 7.85. The van der Waals surface area contributed by atoms with E-state index in [0.29, 0.717) is 18.3 Å². The monoisotopic (exact) mass is 269 g/mol. The Morgan fingerprint density at radius 1 is 1.35 bits per heavy atom. The second-order valence-corrected chi connectivity index (χ2v) is 6.64. The lowest BCUT2D eigenvalue weighted by Gasteiger charge is -2.46. The van der Waals surface area contributed by atoms with Crippen molar-refractivity contribution >= 4 is 0 Å². The molecule has 1 aromatic rings. The Hall–Kier alpha value is -1.33. The van der Waals surface area contributed by atoms with Crippen LogP contribution in [-0.2, 0) is 5.60 Å². The lowest BCUT2D eigenvalue weighted by atomic mass is 9.59. The van der Waals surface area contributed by atoms with Gasteiger partial charge in [-0.1, -0.05) is 50.1 Å². The molecule has 0 saturated heterocycles. The van der Waals surface area contributed by atoms with Crippen molar-refractivity contribution in [3.63, 3.8) is 0 Å². The normalized spacial score (nSPS) is 34.6. The molecular weight excluding hydrogens is 246 g/mol. The smallest absolute Gasteiger partial charge is 0.108 e. The van der Waals surface area contributed by atoms with E-state index in [0.717, 1.165) is 31.2 Å². The van der Waals surface area contributed by atoms with Crippen molar-refractivity contribution in [1.29, 1.82) is 5.26 Å². The maximum absolute atomic E-state index is 11.5. The molecule has 0 radical (unpaired) electrons. The van der Waals surface area contributed by atoms with Crippen LogP contribution < -0.4 is 0 Å². The minimum Gasteiger partial charge on any atom is -0.383 e. The molecule has 2 bridgehead atoms. The van der Waals surface area contributed by atoms with Gasteiger partial charge in [-0.25, -0.2) is 0 Å². The predicted molar refractivity (Wildman–Crippen MR) is 78.7 cm³/mol. The number of fused-ring (bicyclic) bond motifs is 2. The summed E-state index contributed by atoms with van der Waals surface area (Å²) < 4.78 is 0. The summed E-state index contributed by atoms with van der Waals surface area (Å²) in [5.41, 5.74) is -0.638. The van der Waals surface area contributed by atoms with Crippen molar-refractivity contribution in [3.8, 4) is 6.07 Å². The summed E-state index contributed by atoms with van der Waals surface area (Å²) in [4.78, 5) is 0. The summed E-state index contributed by atoms with van der Waals surface area (Å²) in [5, 5.41) is 21.5. The van der Waals surface area contributed by atoms with Crippen LogP contribution in [0.5, 0.6) is 0 Å². The van der Waals surface area contributed by atoms with E-state index in [1.54, 1.807) is 0 Å². The second kappa shape index (κ2) is 4.90. The number of hydrogen-bond donors (Lipinski definition) is 1. The molecule has 2 heteroatoms. The molecule has 1 N–H and O–H groups in total. The number of nitrogens with zero attached hydrogens (tertiary/aromatic N) is 1. The standard InChI is InChI=1S/C18H23NO/c1-2-10-18(20,15-6-4-3-5-7-15)17(13-19)12-14-8-9-16(17)11-14/h3-7,14,16,20H,2,8-12H2,1H3. The van der Waals surface area contributed by atoms with Crippen molar-refractivity contribution in [1.82, 2.24) is 0 Å². The molecule has 20 heavy (non-hydrogen) atoms. The number of rotatable bonds is 4. The van der Waals surface area contributed by atoms with Gasteiger partial charge in [0.1, 0.15) is 5.60 Å². The van der Waals surface area contributed by atoms with E-state index in [9.17, 15) is 10.4 Å². The third kappa shape index (κ3) is 1.73. The van der Waals surface area contributed by atoms with E-state index in [1.807, 2.05) is 30.3 Å². The lowest BCUT2D eigenvalue weighted by Crippen LogP contribution is -2.48. The molecule has 2 nitrogen and oxygen atoms in total. The zero-order valence-corrected chi connectivity index (χ0v) is 12.2. The van der Waals surface area contributed by atoms with Crippen LogP contribution in [0.2, 0.25) is 0 Å². The van der Waals surface area contributed by atoms with Gasteiger partial charge in [0.05, 0.1) is 11.5 Å². The second-order valence-electron chi connectivity index (χ2n) is 6.64. The predicted octanol–water partition coefficient (Wildman–Crippen LogP) is 4.00. The maximum atomic E-state index is 11.5. The van der Waals surface area contributed by atoms with Gasteiger partial charge in [0, 0.05) is 0 Å². The van der Waals surface area contributed by atoms with Crippen LogP contribution in [0.1, 0.15) is 51.0 Å². The molecule has 0 amide bonds. The molecule has 1 aromatic carbocycles. The molecule has 2 fully saturated rings. The van der Waals surface area contributed by atoms with Gasteiger partial charge in [-0.05, 0) is 43.1 Å². The summed E-state index contributed by atoms with van der Waals surface area (Å²) in [7, 11) is 0. The Morgan fingerprint density at radius 3 is 2.60 bits per heavy atom. The number of benzene rings is 1. The minimum atomic E-state index is -0.988. The van der Waals surface area contributed by atoms with Crippen LogP contribution in [0.3, 0.4) is 0 Å². The van der Waals surface area contributed by atoms with E-state index >= 15 is 0 Å². The Bertz CT molecular complexity index is 520. The summed E-state index contributed by atoms with van der Waals surface area (Å²) in [6.45, 7) is 2.09. The molecule has 0 spiro atoms. The first kappa shape index (κ1) is 13.6. The zero-order valence-electron chi connectivity index (χ0n) is 12.2. The molecule has 106 valence electrons. The number of hydrogen-bond acceptors (Lipinski definition) is 2. The average Bonchev–Trinajstić information content (AvgIpc) is 3.09. The molecule has 2 saturated carbocycles. The summed E-state index contributed by atoms with van der Waals surface area (Å²) in [6, 6.07) is 12.5. The van der Waals surface area contributed by atoms with Gasteiger partial charge < -0.3 is 5.11 Å². The fourth-order valence-corrected chi connectivity index (χ4v) is 4.77. The van der Waals surface area contributed by atoms with Crippen LogP contribution in [-0.4, -0.2) is 5.11 Å². The van der Waals surface area contributed by atoms with Crippen molar-refractivity contribution in [2.24, 2.45) is 17.3 Å². The van der Waals surface area contributed by atoms with E-state index in [2.05, 4.69) is 13.0 Å². The van der Waals surface area contributed by atoms with E-state index < -0.39 is 11.0 Å². The molecule has 2 aliphatic rings. The molecule has 0 heterocycles.